The van der Waals surface area contributed by atoms with Gasteiger partial charge in [-0.15, -0.1) is 5.10 Å². The average molecular weight is 620 g/mol. The van der Waals surface area contributed by atoms with E-state index in [1.165, 1.54) is 25.3 Å². The zero-order valence-electron chi connectivity index (χ0n) is 25.6. The highest BCUT2D eigenvalue weighted by molar-refractivity contribution is 5.98. The van der Waals surface area contributed by atoms with Crippen LogP contribution in [-0.4, -0.2) is 56.0 Å². The Bertz CT molecular complexity index is 1720. The molecule has 0 radical (unpaired) electrons. The summed E-state index contributed by atoms with van der Waals surface area (Å²) >= 11 is 0. The van der Waals surface area contributed by atoms with Crippen molar-refractivity contribution in [3.05, 3.63) is 89.0 Å². The highest BCUT2D eigenvalue weighted by atomic mass is 19.4. The summed E-state index contributed by atoms with van der Waals surface area (Å²) in [4.78, 5) is 28.2. The van der Waals surface area contributed by atoms with Gasteiger partial charge in [0.1, 0.15) is 0 Å². The predicted octanol–water partition coefficient (Wildman–Crippen LogP) is 7.14. The normalized spacial score (nSPS) is 19.9. The van der Waals surface area contributed by atoms with E-state index < -0.39 is 23.6 Å². The molecule has 0 spiro atoms. The first-order valence-electron chi connectivity index (χ1n) is 15.4. The number of methoxy groups -OCH3 is 1. The minimum Gasteiger partial charge on any atom is -0.465 e. The van der Waals surface area contributed by atoms with E-state index in [1.54, 1.807) is 53.2 Å². The van der Waals surface area contributed by atoms with Crippen LogP contribution in [0.3, 0.4) is 0 Å². The lowest BCUT2D eigenvalue weighted by atomic mass is 9.92. The molecule has 3 heterocycles. The van der Waals surface area contributed by atoms with E-state index in [-0.39, 0.29) is 29.0 Å². The number of halogens is 3. The second-order valence-corrected chi connectivity index (χ2v) is 12.0. The molecule has 0 bridgehead atoms. The maximum absolute atomic E-state index is 14.9. The number of hydrogen-bond acceptors (Lipinski definition) is 5. The fourth-order valence-corrected chi connectivity index (χ4v) is 6.85. The molecule has 3 atom stereocenters. The van der Waals surface area contributed by atoms with Crippen LogP contribution in [0.5, 0.6) is 0 Å². The molecule has 2 aromatic heterocycles. The third kappa shape index (κ3) is 5.87. The van der Waals surface area contributed by atoms with Crippen molar-refractivity contribution in [3.63, 3.8) is 0 Å². The number of carbonyl (C=O) groups excluding carboxylic acids is 2. The van der Waals surface area contributed by atoms with E-state index in [9.17, 15) is 22.8 Å². The molecule has 1 saturated carbocycles. The number of aromatic nitrogens is 4. The number of likely N-dealkylation sites (tertiary alicyclic amines) is 1. The van der Waals surface area contributed by atoms with E-state index in [0.29, 0.717) is 29.1 Å². The first-order chi connectivity index (χ1) is 21.6. The van der Waals surface area contributed by atoms with Gasteiger partial charge in [-0.2, -0.15) is 13.2 Å². The Balaban J connectivity index is 1.41. The average Bonchev–Trinajstić information content (AvgIpc) is 3.49. The van der Waals surface area contributed by atoms with Gasteiger partial charge in [0.05, 0.1) is 29.5 Å². The summed E-state index contributed by atoms with van der Waals surface area (Å²) in [6.07, 6.45) is 3.72. The monoisotopic (exact) mass is 619 g/mol. The van der Waals surface area contributed by atoms with Crippen LogP contribution in [0.15, 0.2) is 60.9 Å². The van der Waals surface area contributed by atoms with Crippen LogP contribution in [-0.2, 0) is 18.0 Å². The number of aryl methyl sites for hydroxylation is 1. The fourth-order valence-electron chi connectivity index (χ4n) is 6.85. The van der Waals surface area contributed by atoms with Gasteiger partial charge in [-0.05, 0) is 67.5 Å². The molecular formula is C34H36F3N5O3. The Morgan fingerprint density at radius 3 is 2.56 bits per heavy atom. The third-order valence-electron chi connectivity index (χ3n) is 9.00. The van der Waals surface area contributed by atoms with Crippen LogP contribution in [0.2, 0.25) is 0 Å². The molecule has 4 aromatic rings. The summed E-state index contributed by atoms with van der Waals surface area (Å²) < 4.78 is 53.1. The molecule has 236 valence electrons. The molecule has 2 aromatic carbocycles. The van der Waals surface area contributed by atoms with Crippen LogP contribution >= 0.6 is 0 Å². The lowest BCUT2D eigenvalue weighted by Crippen LogP contribution is -2.44. The Morgan fingerprint density at radius 2 is 1.84 bits per heavy atom. The lowest BCUT2D eigenvalue weighted by Gasteiger charge is -2.36. The van der Waals surface area contributed by atoms with Crippen LogP contribution in [0.1, 0.15) is 95.0 Å². The van der Waals surface area contributed by atoms with E-state index >= 15 is 0 Å². The molecule has 45 heavy (non-hydrogen) atoms. The topological polar surface area (TPSA) is 82.3 Å². The lowest BCUT2D eigenvalue weighted by molar-refractivity contribution is -0.137. The van der Waals surface area contributed by atoms with E-state index in [0.717, 1.165) is 44.2 Å². The van der Waals surface area contributed by atoms with Gasteiger partial charge in [0, 0.05) is 55.2 Å². The molecule has 2 aliphatic rings. The van der Waals surface area contributed by atoms with E-state index in [4.69, 9.17) is 4.74 Å². The number of carbonyl (C=O) groups is 2. The van der Waals surface area contributed by atoms with Gasteiger partial charge in [-0.25, -0.2) is 4.79 Å². The quantitative estimate of drug-likeness (QED) is 0.196. The summed E-state index contributed by atoms with van der Waals surface area (Å²) in [6, 6.07) is 12.6. The number of benzene rings is 2. The Labute approximate surface area is 259 Å². The van der Waals surface area contributed by atoms with Crippen molar-refractivity contribution in [3.8, 4) is 16.8 Å². The van der Waals surface area contributed by atoms with Gasteiger partial charge < -0.3 is 14.2 Å². The minimum atomic E-state index is -4.76. The molecule has 1 aliphatic heterocycles. The first-order valence-corrected chi connectivity index (χ1v) is 15.4. The first kappa shape index (κ1) is 30.6. The Kier molecular flexibility index (Phi) is 8.28. The molecule has 1 aliphatic carbocycles. The van der Waals surface area contributed by atoms with Crippen molar-refractivity contribution in [1.82, 2.24) is 24.5 Å². The third-order valence-corrected chi connectivity index (χ3v) is 9.00. The van der Waals surface area contributed by atoms with Crippen molar-refractivity contribution in [1.29, 1.82) is 0 Å². The standard InChI is InChI=1S/C34H36F3N5O3/c1-4-9-22-11-5-6-16-42(22)32(43)25-14-8-13-24(30(25)34(35,36)37)21-10-7-12-23(18-21)41-17-15-26(33(44)45-3)31(41)28-19-27(28)29-20-40(2)39-38-29/h7-8,10,12-15,17-18,20,22,27-28H,4-6,9,11,16,19H2,1-3H3. The summed E-state index contributed by atoms with van der Waals surface area (Å²) in [5, 5.41) is 8.28. The largest absolute Gasteiger partial charge is 0.465 e. The fraction of sp³-hybridized carbons (Fsp3) is 0.412. The number of esters is 1. The van der Waals surface area contributed by atoms with Crippen LogP contribution in [0, 0.1) is 0 Å². The highest BCUT2D eigenvalue weighted by Crippen LogP contribution is 2.55. The van der Waals surface area contributed by atoms with Gasteiger partial charge in [0.25, 0.3) is 5.91 Å². The second-order valence-electron chi connectivity index (χ2n) is 12.0. The van der Waals surface area contributed by atoms with Crippen LogP contribution < -0.4 is 0 Å². The number of nitrogens with zero attached hydrogens (tertiary/aromatic N) is 5. The Hall–Kier alpha value is -4.41. The number of piperidine rings is 1. The number of amides is 1. The zero-order valence-corrected chi connectivity index (χ0v) is 25.6. The molecule has 1 amide bonds. The number of ether oxygens (including phenoxy) is 1. The van der Waals surface area contributed by atoms with Gasteiger partial charge in [-0.3, -0.25) is 9.48 Å². The minimum absolute atomic E-state index is 0.0461. The van der Waals surface area contributed by atoms with Gasteiger partial charge in [0.15, 0.2) is 0 Å². The van der Waals surface area contributed by atoms with Gasteiger partial charge in [0.2, 0.25) is 0 Å². The highest BCUT2D eigenvalue weighted by Gasteiger charge is 2.46. The maximum Gasteiger partial charge on any atom is 0.417 e. The predicted molar refractivity (Wildman–Crippen MR) is 162 cm³/mol. The van der Waals surface area contributed by atoms with Crippen molar-refractivity contribution < 1.29 is 27.5 Å². The van der Waals surface area contributed by atoms with Crippen molar-refractivity contribution in [2.45, 2.75) is 69.5 Å². The number of rotatable bonds is 8. The number of alkyl halides is 3. The van der Waals surface area contributed by atoms with Crippen LogP contribution in [0.25, 0.3) is 16.8 Å². The zero-order chi connectivity index (χ0) is 31.9. The smallest absolute Gasteiger partial charge is 0.417 e. The van der Waals surface area contributed by atoms with Gasteiger partial charge >= 0.3 is 12.1 Å². The summed E-state index contributed by atoms with van der Waals surface area (Å²) in [5.74, 6) is -1.07. The molecule has 2 fully saturated rings. The molecule has 8 nitrogen and oxygen atoms in total. The van der Waals surface area contributed by atoms with E-state index in [2.05, 4.69) is 10.3 Å². The molecule has 6 rings (SSSR count). The summed E-state index contributed by atoms with van der Waals surface area (Å²) in [6.45, 7) is 2.48. The Morgan fingerprint density at radius 1 is 1.04 bits per heavy atom. The van der Waals surface area contributed by atoms with Crippen molar-refractivity contribution in [2.24, 2.45) is 7.05 Å². The number of hydrogen-bond donors (Lipinski definition) is 0. The molecule has 0 N–H and O–H groups in total. The van der Waals surface area contributed by atoms with Gasteiger partial charge in [-0.1, -0.05) is 42.8 Å². The summed E-state index contributed by atoms with van der Waals surface area (Å²) in [5.41, 5.74) is 1.50. The molecule has 1 saturated heterocycles. The van der Waals surface area contributed by atoms with E-state index in [1.807, 2.05) is 17.7 Å². The summed E-state index contributed by atoms with van der Waals surface area (Å²) in [7, 11) is 3.11. The molecule has 3 unspecified atom stereocenters. The second kappa shape index (κ2) is 12.2. The van der Waals surface area contributed by atoms with Crippen LogP contribution in [0.4, 0.5) is 13.2 Å². The molecule has 11 heteroatoms. The maximum atomic E-state index is 14.9. The van der Waals surface area contributed by atoms with Crippen molar-refractivity contribution >= 4 is 11.9 Å². The van der Waals surface area contributed by atoms with Crippen molar-refractivity contribution in [2.75, 3.05) is 13.7 Å². The SMILES string of the molecule is CCCC1CCCCN1C(=O)c1cccc(-c2cccc(-n3ccc(C(=O)OC)c3C3CC3c3cn(C)nn3)c2)c1C(F)(F)F. The molecular weight excluding hydrogens is 583 g/mol.